The van der Waals surface area contributed by atoms with Gasteiger partial charge in [0, 0.05) is 0 Å². The SMILES string of the molecule is CC(O)(CO)c1ccc(Br)o1. The molecule has 1 aromatic rings. The molecule has 0 aliphatic heterocycles. The average Bonchev–Trinajstić information content (AvgIpc) is 2.36. The van der Waals surface area contributed by atoms with Gasteiger partial charge in [-0.05, 0) is 35.0 Å². The molecule has 1 heterocycles. The molecule has 0 saturated carbocycles. The van der Waals surface area contributed by atoms with E-state index in [2.05, 4.69) is 15.9 Å². The second-order valence-electron chi connectivity index (χ2n) is 2.54. The fourth-order valence-corrected chi connectivity index (χ4v) is 0.988. The van der Waals surface area contributed by atoms with Crippen LogP contribution in [0.4, 0.5) is 0 Å². The number of hydrogen-bond acceptors (Lipinski definition) is 3. The van der Waals surface area contributed by atoms with Gasteiger partial charge in [-0.1, -0.05) is 0 Å². The van der Waals surface area contributed by atoms with Gasteiger partial charge >= 0.3 is 0 Å². The van der Waals surface area contributed by atoms with Crippen molar-refractivity contribution in [1.82, 2.24) is 0 Å². The van der Waals surface area contributed by atoms with Crippen molar-refractivity contribution in [3.63, 3.8) is 0 Å². The van der Waals surface area contributed by atoms with Gasteiger partial charge in [0.2, 0.25) is 0 Å². The molecular formula is C7H9BrO3. The number of halogens is 1. The summed E-state index contributed by atoms with van der Waals surface area (Å²) >= 11 is 3.09. The number of hydrogen-bond donors (Lipinski definition) is 2. The molecule has 0 spiro atoms. The lowest BCUT2D eigenvalue weighted by atomic mass is 10.1. The molecule has 11 heavy (non-hydrogen) atoms. The standard InChI is InChI=1S/C7H9BrO3/c1-7(10,4-9)5-2-3-6(8)11-5/h2-3,9-10H,4H2,1H3. The van der Waals surface area contributed by atoms with Gasteiger partial charge in [-0.3, -0.25) is 0 Å². The molecule has 0 radical (unpaired) electrons. The zero-order valence-corrected chi connectivity index (χ0v) is 7.63. The maximum atomic E-state index is 9.44. The van der Waals surface area contributed by atoms with E-state index < -0.39 is 5.60 Å². The van der Waals surface area contributed by atoms with Crippen LogP contribution in [-0.4, -0.2) is 16.8 Å². The summed E-state index contributed by atoms with van der Waals surface area (Å²) in [5.74, 6) is 0.354. The van der Waals surface area contributed by atoms with E-state index in [9.17, 15) is 5.11 Å². The highest BCUT2D eigenvalue weighted by Gasteiger charge is 2.25. The van der Waals surface area contributed by atoms with Gasteiger partial charge in [0.15, 0.2) is 4.67 Å². The molecule has 4 heteroatoms. The molecule has 1 rings (SSSR count). The number of furan rings is 1. The van der Waals surface area contributed by atoms with Crippen LogP contribution in [0.25, 0.3) is 0 Å². The van der Waals surface area contributed by atoms with E-state index in [1.165, 1.54) is 6.92 Å². The lowest BCUT2D eigenvalue weighted by Crippen LogP contribution is -2.24. The number of rotatable bonds is 2. The van der Waals surface area contributed by atoms with E-state index in [1.54, 1.807) is 12.1 Å². The highest BCUT2D eigenvalue weighted by molar-refractivity contribution is 9.10. The van der Waals surface area contributed by atoms with Gasteiger partial charge in [-0.25, -0.2) is 0 Å². The lowest BCUT2D eigenvalue weighted by molar-refractivity contribution is -0.0201. The zero-order chi connectivity index (χ0) is 8.48. The molecule has 3 nitrogen and oxygen atoms in total. The van der Waals surface area contributed by atoms with Crippen LogP contribution in [-0.2, 0) is 5.60 Å². The molecule has 0 bridgehead atoms. The van der Waals surface area contributed by atoms with E-state index in [1.807, 2.05) is 0 Å². The minimum Gasteiger partial charge on any atom is -0.451 e. The molecule has 0 aliphatic rings. The first-order chi connectivity index (χ1) is 5.06. The topological polar surface area (TPSA) is 53.6 Å². The third-order valence-electron chi connectivity index (χ3n) is 1.41. The summed E-state index contributed by atoms with van der Waals surface area (Å²) in [7, 11) is 0. The summed E-state index contributed by atoms with van der Waals surface area (Å²) in [5, 5.41) is 18.2. The normalized spacial score (nSPS) is 16.4. The Bertz CT molecular complexity index is 242. The highest BCUT2D eigenvalue weighted by atomic mass is 79.9. The predicted molar refractivity (Wildman–Crippen MR) is 43.1 cm³/mol. The maximum absolute atomic E-state index is 9.44. The molecule has 0 aromatic carbocycles. The summed E-state index contributed by atoms with van der Waals surface area (Å²) in [4.78, 5) is 0. The van der Waals surface area contributed by atoms with E-state index in [0.29, 0.717) is 10.4 Å². The van der Waals surface area contributed by atoms with Crippen LogP contribution in [0.3, 0.4) is 0 Å². The smallest absolute Gasteiger partial charge is 0.169 e. The van der Waals surface area contributed by atoms with Crippen LogP contribution in [0.15, 0.2) is 21.2 Å². The monoisotopic (exact) mass is 220 g/mol. The lowest BCUT2D eigenvalue weighted by Gasteiger charge is -2.16. The van der Waals surface area contributed by atoms with Gasteiger partial charge in [0.25, 0.3) is 0 Å². The van der Waals surface area contributed by atoms with Gasteiger partial charge < -0.3 is 14.6 Å². The van der Waals surface area contributed by atoms with Crippen molar-refractivity contribution in [2.75, 3.05) is 6.61 Å². The Morgan fingerprint density at radius 3 is 2.64 bits per heavy atom. The van der Waals surface area contributed by atoms with Crippen LogP contribution in [0, 0.1) is 0 Å². The van der Waals surface area contributed by atoms with Crippen LogP contribution >= 0.6 is 15.9 Å². The van der Waals surface area contributed by atoms with Crippen molar-refractivity contribution in [1.29, 1.82) is 0 Å². The molecule has 1 unspecified atom stereocenters. The van der Waals surface area contributed by atoms with Crippen molar-refractivity contribution in [2.24, 2.45) is 0 Å². The quantitative estimate of drug-likeness (QED) is 0.789. The Kier molecular flexibility index (Phi) is 2.37. The van der Waals surface area contributed by atoms with Crippen LogP contribution < -0.4 is 0 Å². The first-order valence-corrected chi connectivity index (χ1v) is 3.94. The maximum Gasteiger partial charge on any atom is 0.169 e. The first-order valence-electron chi connectivity index (χ1n) is 3.15. The van der Waals surface area contributed by atoms with Gasteiger partial charge in [0.1, 0.15) is 11.4 Å². The Balaban J connectivity index is 2.92. The van der Waals surface area contributed by atoms with Gasteiger partial charge in [-0.2, -0.15) is 0 Å². The van der Waals surface area contributed by atoms with Crippen molar-refractivity contribution >= 4 is 15.9 Å². The number of aliphatic hydroxyl groups is 2. The minimum absolute atomic E-state index is 0.354. The molecule has 0 aliphatic carbocycles. The third kappa shape index (κ3) is 1.83. The summed E-state index contributed by atoms with van der Waals surface area (Å²) in [5.41, 5.74) is -1.29. The van der Waals surface area contributed by atoms with Crippen LogP contribution in [0.1, 0.15) is 12.7 Å². The van der Waals surface area contributed by atoms with Crippen molar-refractivity contribution in [3.8, 4) is 0 Å². The van der Waals surface area contributed by atoms with E-state index in [0.717, 1.165) is 0 Å². The zero-order valence-electron chi connectivity index (χ0n) is 6.04. The fourth-order valence-electron chi connectivity index (χ4n) is 0.682. The molecule has 1 atom stereocenters. The van der Waals surface area contributed by atoms with Gasteiger partial charge in [0.05, 0.1) is 6.61 Å². The van der Waals surface area contributed by atoms with Crippen LogP contribution in [0.5, 0.6) is 0 Å². The van der Waals surface area contributed by atoms with E-state index in [4.69, 9.17) is 9.52 Å². The molecule has 0 fully saturated rings. The van der Waals surface area contributed by atoms with Crippen molar-refractivity contribution in [3.05, 3.63) is 22.6 Å². The Morgan fingerprint density at radius 1 is 1.64 bits per heavy atom. The number of aliphatic hydroxyl groups excluding tert-OH is 1. The molecular weight excluding hydrogens is 212 g/mol. The van der Waals surface area contributed by atoms with E-state index >= 15 is 0 Å². The molecule has 0 saturated heterocycles. The van der Waals surface area contributed by atoms with E-state index in [-0.39, 0.29) is 6.61 Å². The Labute approximate surface area is 72.8 Å². The summed E-state index contributed by atoms with van der Waals surface area (Å²) in [6.45, 7) is 1.13. The second-order valence-corrected chi connectivity index (χ2v) is 3.32. The summed E-state index contributed by atoms with van der Waals surface area (Å²) < 4.78 is 5.59. The molecule has 0 amide bonds. The molecule has 62 valence electrons. The second kappa shape index (κ2) is 2.97. The Hall–Kier alpha value is -0.320. The fraction of sp³-hybridized carbons (Fsp3) is 0.429. The van der Waals surface area contributed by atoms with Gasteiger partial charge in [-0.15, -0.1) is 0 Å². The summed E-state index contributed by atoms with van der Waals surface area (Å²) in [6, 6.07) is 3.28. The summed E-state index contributed by atoms with van der Waals surface area (Å²) in [6.07, 6.45) is 0. The Morgan fingerprint density at radius 2 is 2.27 bits per heavy atom. The largest absolute Gasteiger partial charge is 0.451 e. The van der Waals surface area contributed by atoms with Crippen molar-refractivity contribution < 1.29 is 14.6 Å². The highest BCUT2D eigenvalue weighted by Crippen LogP contribution is 2.24. The minimum atomic E-state index is -1.29. The molecule has 2 N–H and O–H groups in total. The van der Waals surface area contributed by atoms with Crippen LogP contribution in [0.2, 0.25) is 0 Å². The first kappa shape index (κ1) is 8.77. The molecule has 1 aromatic heterocycles. The predicted octanol–water partition coefficient (Wildman–Crippen LogP) is 1.24. The average molecular weight is 221 g/mol. The van der Waals surface area contributed by atoms with Crippen molar-refractivity contribution in [2.45, 2.75) is 12.5 Å². The third-order valence-corrected chi connectivity index (χ3v) is 1.84.